The Labute approximate surface area is 202 Å². The van der Waals surface area contributed by atoms with E-state index in [1.165, 1.54) is 11.7 Å². The Morgan fingerprint density at radius 3 is 1.97 bits per heavy atom. The number of aromatic amines is 1. The van der Waals surface area contributed by atoms with E-state index in [1.54, 1.807) is 24.3 Å². The highest BCUT2D eigenvalue weighted by atomic mass is 16.5. The monoisotopic (exact) mass is 470 g/mol. The number of rotatable bonds is 8. The molecule has 0 atom stereocenters. The van der Waals surface area contributed by atoms with Gasteiger partial charge in [0.15, 0.2) is 0 Å². The van der Waals surface area contributed by atoms with Gasteiger partial charge in [-0.05, 0) is 28.8 Å². The summed E-state index contributed by atoms with van der Waals surface area (Å²) in [4.78, 5) is 41.7. The number of nitrogens with zero attached hydrogens (tertiary/aromatic N) is 2. The van der Waals surface area contributed by atoms with Crippen LogP contribution < -0.4 is 21.9 Å². The predicted molar refractivity (Wildman–Crippen MR) is 135 cm³/mol. The molecule has 0 aliphatic carbocycles. The summed E-state index contributed by atoms with van der Waals surface area (Å²) in [5.41, 5.74) is 8.69. The van der Waals surface area contributed by atoms with E-state index in [4.69, 9.17) is 10.5 Å². The van der Waals surface area contributed by atoms with Gasteiger partial charge >= 0.3 is 11.7 Å². The van der Waals surface area contributed by atoms with Crippen molar-refractivity contribution in [3.63, 3.8) is 0 Å². The summed E-state index contributed by atoms with van der Waals surface area (Å²) in [6, 6.07) is 26.0. The number of ether oxygens (including phenoxy) is 1. The second-order valence-corrected chi connectivity index (χ2v) is 8.10. The number of hydrogen-bond acceptors (Lipinski definition) is 6. The third kappa shape index (κ3) is 5.50. The van der Waals surface area contributed by atoms with Crippen molar-refractivity contribution in [2.75, 3.05) is 17.7 Å². The molecule has 0 aliphatic heterocycles. The minimum atomic E-state index is -0.567. The van der Waals surface area contributed by atoms with Crippen LogP contribution in [0.5, 0.6) is 0 Å². The van der Waals surface area contributed by atoms with Crippen LogP contribution in [0.1, 0.15) is 27.0 Å². The molecule has 0 amide bonds. The summed E-state index contributed by atoms with van der Waals surface area (Å²) >= 11 is 0. The molecule has 0 fully saturated rings. The number of esters is 1. The summed E-state index contributed by atoms with van der Waals surface area (Å²) in [7, 11) is 1.33. The standard InChI is InChI=1S/C27H26N4O4/c1-35-26(33)22-14-12-21(13-15-22)17-30(16-19-8-4-2-5-9-19)23-24(28)31(27(34)29-25(23)32)18-20-10-6-3-7-11-20/h2-15H,16-18,28H2,1H3,(H,29,32,34). The second-order valence-electron chi connectivity index (χ2n) is 8.10. The number of nitrogens with two attached hydrogens (primary N) is 1. The van der Waals surface area contributed by atoms with Crippen LogP contribution in [-0.2, 0) is 24.4 Å². The topological polar surface area (TPSA) is 110 Å². The molecule has 4 rings (SSSR count). The molecule has 0 saturated heterocycles. The maximum Gasteiger partial charge on any atom is 0.337 e. The lowest BCUT2D eigenvalue weighted by atomic mass is 10.1. The highest BCUT2D eigenvalue weighted by molar-refractivity contribution is 5.89. The Balaban J connectivity index is 1.75. The molecule has 0 radical (unpaired) electrons. The number of anilines is 2. The van der Waals surface area contributed by atoms with Gasteiger partial charge in [0.1, 0.15) is 11.5 Å². The van der Waals surface area contributed by atoms with E-state index < -0.39 is 17.2 Å². The number of hydrogen-bond donors (Lipinski definition) is 2. The average molecular weight is 471 g/mol. The fourth-order valence-corrected chi connectivity index (χ4v) is 3.91. The molecule has 4 aromatic rings. The first-order valence-corrected chi connectivity index (χ1v) is 11.1. The average Bonchev–Trinajstić information content (AvgIpc) is 2.87. The van der Waals surface area contributed by atoms with Gasteiger partial charge in [0.05, 0.1) is 19.2 Å². The second kappa shape index (κ2) is 10.6. The number of carbonyl (C=O) groups excluding carboxylic acids is 1. The lowest BCUT2D eigenvalue weighted by molar-refractivity contribution is 0.0600. The Morgan fingerprint density at radius 1 is 0.857 bits per heavy atom. The molecule has 8 heteroatoms. The highest BCUT2D eigenvalue weighted by Crippen LogP contribution is 2.23. The van der Waals surface area contributed by atoms with Crippen LogP contribution in [0, 0.1) is 0 Å². The third-order valence-electron chi connectivity index (χ3n) is 5.68. The number of H-pyrrole nitrogens is 1. The van der Waals surface area contributed by atoms with Crippen molar-refractivity contribution in [2.45, 2.75) is 19.6 Å². The molecule has 3 aromatic carbocycles. The first kappa shape index (κ1) is 23.6. The number of aromatic nitrogens is 2. The molecule has 0 saturated carbocycles. The van der Waals surface area contributed by atoms with Gasteiger partial charge < -0.3 is 15.4 Å². The number of nitrogen functional groups attached to an aromatic ring is 1. The molecular formula is C27H26N4O4. The normalized spacial score (nSPS) is 10.7. The van der Waals surface area contributed by atoms with E-state index >= 15 is 0 Å². The van der Waals surface area contributed by atoms with Crippen molar-refractivity contribution in [1.29, 1.82) is 0 Å². The van der Waals surface area contributed by atoms with Gasteiger partial charge in [0, 0.05) is 13.1 Å². The largest absolute Gasteiger partial charge is 0.465 e. The maximum absolute atomic E-state index is 13.0. The SMILES string of the molecule is COC(=O)c1ccc(CN(Cc2ccccc2)c2c(N)n(Cc3ccccc3)c(=O)[nH]c2=O)cc1. The van der Waals surface area contributed by atoms with Crippen LogP contribution in [0.15, 0.2) is 94.5 Å². The molecule has 178 valence electrons. The summed E-state index contributed by atoms with van der Waals surface area (Å²) in [6.45, 7) is 0.936. The van der Waals surface area contributed by atoms with Gasteiger partial charge in [-0.3, -0.25) is 14.3 Å². The molecule has 0 aliphatic rings. The fraction of sp³-hybridized carbons (Fsp3) is 0.148. The molecular weight excluding hydrogens is 444 g/mol. The summed E-state index contributed by atoms with van der Waals surface area (Å²) in [5, 5.41) is 0. The number of carbonyl (C=O) groups is 1. The quantitative estimate of drug-likeness (QED) is 0.383. The van der Waals surface area contributed by atoms with Crippen LogP contribution >= 0.6 is 0 Å². The summed E-state index contributed by atoms with van der Waals surface area (Å²) < 4.78 is 6.13. The molecule has 35 heavy (non-hydrogen) atoms. The van der Waals surface area contributed by atoms with Crippen molar-refractivity contribution in [3.05, 3.63) is 128 Å². The van der Waals surface area contributed by atoms with Gasteiger partial charge in [0.25, 0.3) is 5.56 Å². The molecule has 0 bridgehead atoms. The Bertz CT molecular complexity index is 1410. The van der Waals surface area contributed by atoms with Crippen molar-refractivity contribution >= 4 is 17.5 Å². The molecule has 0 unspecified atom stereocenters. The zero-order chi connectivity index (χ0) is 24.8. The zero-order valence-electron chi connectivity index (χ0n) is 19.3. The van der Waals surface area contributed by atoms with Gasteiger partial charge in [-0.1, -0.05) is 72.8 Å². The van der Waals surface area contributed by atoms with E-state index in [2.05, 4.69) is 4.98 Å². The lowest BCUT2D eigenvalue weighted by Gasteiger charge is -2.26. The third-order valence-corrected chi connectivity index (χ3v) is 5.68. The first-order valence-electron chi connectivity index (χ1n) is 11.1. The summed E-state index contributed by atoms with van der Waals surface area (Å²) in [6.07, 6.45) is 0. The predicted octanol–water partition coefficient (Wildman–Crippen LogP) is 3.16. The number of benzene rings is 3. The van der Waals surface area contributed by atoms with Gasteiger partial charge in [-0.2, -0.15) is 0 Å². The smallest absolute Gasteiger partial charge is 0.337 e. The minimum Gasteiger partial charge on any atom is -0.465 e. The number of nitrogens with one attached hydrogen (secondary N) is 1. The molecule has 1 heterocycles. The maximum atomic E-state index is 13.0. The van der Waals surface area contributed by atoms with E-state index in [1.807, 2.05) is 65.6 Å². The summed E-state index contributed by atoms with van der Waals surface area (Å²) in [5.74, 6) is -0.337. The van der Waals surface area contributed by atoms with Gasteiger partial charge in [0.2, 0.25) is 0 Å². The molecule has 3 N–H and O–H groups in total. The lowest BCUT2D eigenvalue weighted by Crippen LogP contribution is -2.38. The van der Waals surface area contributed by atoms with Crippen LogP contribution in [0.25, 0.3) is 0 Å². The van der Waals surface area contributed by atoms with Crippen molar-refractivity contribution < 1.29 is 9.53 Å². The number of methoxy groups -OCH3 is 1. The van der Waals surface area contributed by atoms with Crippen molar-refractivity contribution in [1.82, 2.24) is 9.55 Å². The minimum absolute atomic E-state index is 0.0877. The van der Waals surface area contributed by atoms with Gasteiger partial charge in [-0.15, -0.1) is 0 Å². The Morgan fingerprint density at radius 2 is 1.40 bits per heavy atom. The molecule has 1 aromatic heterocycles. The van der Waals surface area contributed by atoms with E-state index in [9.17, 15) is 14.4 Å². The van der Waals surface area contributed by atoms with Crippen LogP contribution in [0.4, 0.5) is 11.5 Å². The van der Waals surface area contributed by atoms with Crippen molar-refractivity contribution in [2.24, 2.45) is 0 Å². The molecule has 0 spiro atoms. The van der Waals surface area contributed by atoms with Crippen LogP contribution in [0.3, 0.4) is 0 Å². The van der Waals surface area contributed by atoms with Crippen molar-refractivity contribution in [3.8, 4) is 0 Å². The van der Waals surface area contributed by atoms with Crippen LogP contribution in [0.2, 0.25) is 0 Å². The first-order chi connectivity index (χ1) is 17.0. The van der Waals surface area contributed by atoms with E-state index in [-0.39, 0.29) is 18.1 Å². The van der Waals surface area contributed by atoms with Gasteiger partial charge in [-0.25, -0.2) is 9.59 Å². The zero-order valence-corrected chi connectivity index (χ0v) is 19.3. The fourth-order valence-electron chi connectivity index (χ4n) is 3.91. The Hall–Kier alpha value is -4.59. The van der Waals surface area contributed by atoms with Crippen LogP contribution in [-0.4, -0.2) is 22.6 Å². The van der Waals surface area contributed by atoms with E-state index in [0.717, 1.165) is 16.7 Å². The molecule has 8 nitrogen and oxygen atoms in total. The highest BCUT2D eigenvalue weighted by Gasteiger charge is 2.20. The Kier molecular flexibility index (Phi) is 7.11. The van der Waals surface area contributed by atoms with E-state index in [0.29, 0.717) is 18.7 Å².